The van der Waals surface area contributed by atoms with Crippen LogP contribution in [0.1, 0.15) is 16.9 Å². The Morgan fingerprint density at radius 1 is 1.05 bits per heavy atom. The molecule has 0 aliphatic rings. The van der Waals surface area contributed by atoms with Crippen molar-refractivity contribution in [3.63, 3.8) is 0 Å². The quantitative estimate of drug-likeness (QED) is 0.734. The normalized spacial score (nSPS) is 10.8. The average Bonchev–Trinajstić information content (AvgIpc) is 2.46. The Morgan fingerprint density at radius 3 is 2.52 bits per heavy atom. The summed E-state index contributed by atoms with van der Waals surface area (Å²) in [5, 5.41) is 0.500. The molecule has 0 saturated heterocycles. The lowest BCUT2D eigenvalue weighted by molar-refractivity contribution is 0.418. The van der Waals surface area contributed by atoms with Gasteiger partial charge in [0.2, 0.25) is 0 Å². The number of aryl methyl sites for hydroxylation is 1. The number of hydrogen-bond acceptors (Lipinski definition) is 3. The van der Waals surface area contributed by atoms with Gasteiger partial charge in [0.05, 0.1) is 7.11 Å². The van der Waals surface area contributed by atoms with Crippen LogP contribution in [0.25, 0.3) is 11.0 Å². The van der Waals surface area contributed by atoms with Crippen molar-refractivity contribution in [3.8, 4) is 5.75 Å². The number of hydrogen-bond donors (Lipinski definition) is 0. The van der Waals surface area contributed by atoms with Gasteiger partial charge in [-0.15, -0.1) is 0 Å². The third-order valence-corrected chi connectivity index (χ3v) is 3.45. The van der Waals surface area contributed by atoms with Crippen LogP contribution in [0.2, 0.25) is 0 Å². The van der Waals surface area contributed by atoms with Crippen LogP contribution in [0.5, 0.6) is 5.75 Å². The van der Waals surface area contributed by atoms with Gasteiger partial charge < -0.3 is 9.15 Å². The summed E-state index contributed by atoms with van der Waals surface area (Å²) >= 11 is 0. The smallest absolute Gasteiger partial charge is 0.196 e. The predicted octanol–water partition coefficient (Wildman–Crippen LogP) is 3.70. The molecule has 0 unspecified atom stereocenters. The zero-order chi connectivity index (χ0) is 14.8. The largest absolute Gasteiger partial charge is 0.496 e. The van der Waals surface area contributed by atoms with Gasteiger partial charge in [0, 0.05) is 6.07 Å². The topological polar surface area (TPSA) is 39.4 Å². The van der Waals surface area contributed by atoms with E-state index in [1.807, 2.05) is 30.3 Å². The number of ether oxygens (including phenoxy) is 1. The first-order valence-electron chi connectivity index (χ1n) is 6.82. The van der Waals surface area contributed by atoms with Crippen LogP contribution in [-0.2, 0) is 6.42 Å². The molecular formula is C18H16O3. The molecule has 0 aliphatic carbocycles. The lowest BCUT2D eigenvalue weighted by atomic mass is 10.0. The van der Waals surface area contributed by atoms with Gasteiger partial charge in [-0.3, -0.25) is 4.79 Å². The van der Waals surface area contributed by atoms with Crippen LogP contribution in [0, 0.1) is 6.92 Å². The Kier molecular flexibility index (Phi) is 3.48. The Bertz CT molecular complexity index is 832. The van der Waals surface area contributed by atoms with Crippen molar-refractivity contribution < 1.29 is 9.15 Å². The Hall–Kier alpha value is -2.55. The summed E-state index contributed by atoms with van der Waals surface area (Å²) < 4.78 is 11.0. The van der Waals surface area contributed by atoms with Crippen molar-refractivity contribution in [1.29, 1.82) is 0 Å². The summed E-state index contributed by atoms with van der Waals surface area (Å²) in [5.41, 5.74) is 2.76. The van der Waals surface area contributed by atoms with Crippen molar-refractivity contribution in [2.75, 3.05) is 7.11 Å². The van der Waals surface area contributed by atoms with Gasteiger partial charge in [0.25, 0.3) is 0 Å². The molecule has 1 aromatic heterocycles. The van der Waals surface area contributed by atoms with Crippen LogP contribution in [-0.4, -0.2) is 7.11 Å². The van der Waals surface area contributed by atoms with E-state index < -0.39 is 0 Å². The van der Waals surface area contributed by atoms with Gasteiger partial charge in [-0.2, -0.15) is 0 Å². The zero-order valence-electron chi connectivity index (χ0n) is 12.1. The van der Waals surface area contributed by atoms with E-state index >= 15 is 0 Å². The van der Waals surface area contributed by atoms with E-state index in [9.17, 15) is 4.79 Å². The van der Waals surface area contributed by atoms with Crippen molar-refractivity contribution in [3.05, 3.63) is 75.6 Å². The molecule has 3 rings (SSSR count). The summed E-state index contributed by atoms with van der Waals surface area (Å²) in [6.45, 7) is 1.77. The van der Waals surface area contributed by atoms with Gasteiger partial charge in [-0.1, -0.05) is 30.3 Å². The van der Waals surface area contributed by atoms with Crippen LogP contribution in [0.3, 0.4) is 0 Å². The second kappa shape index (κ2) is 5.44. The first kappa shape index (κ1) is 13.4. The number of methoxy groups -OCH3 is 1. The van der Waals surface area contributed by atoms with E-state index in [0.29, 0.717) is 22.5 Å². The van der Waals surface area contributed by atoms with E-state index in [1.165, 1.54) is 11.6 Å². The SMILES string of the molecule is COc1cc(Cc2ccccc2)cc2oc(C)cc(=O)c12. The van der Waals surface area contributed by atoms with Crippen molar-refractivity contribution in [2.24, 2.45) is 0 Å². The predicted molar refractivity (Wildman–Crippen MR) is 83.0 cm³/mol. The van der Waals surface area contributed by atoms with Crippen LogP contribution in [0.4, 0.5) is 0 Å². The van der Waals surface area contributed by atoms with E-state index in [1.54, 1.807) is 14.0 Å². The number of fused-ring (bicyclic) bond motifs is 1. The van der Waals surface area contributed by atoms with Crippen molar-refractivity contribution in [2.45, 2.75) is 13.3 Å². The molecule has 0 radical (unpaired) electrons. The number of benzene rings is 2. The second-order valence-electron chi connectivity index (χ2n) is 5.05. The summed E-state index contributed by atoms with van der Waals surface area (Å²) in [7, 11) is 1.57. The van der Waals surface area contributed by atoms with Crippen molar-refractivity contribution >= 4 is 11.0 Å². The lowest BCUT2D eigenvalue weighted by Crippen LogP contribution is -2.03. The molecule has 21 heavy (non-hydrogen) atoms. The zero-order valence-corrected chi connectivity index (χ0v) is 12.1. The fourth-order valence-corrected chi connectivity index (χ4v) is 2.52. The molecule has 0 bridgehead atoms. The van der Waals surface area contributed by atoms with Gasteiger partial charge in [0.1, 0.15) is 22.5 Å². The molecule has 0 atom stereocenters. The molecule has 0 spiro atoms. The lowest BCUT2D eigenvalue weighted by Gasteiger charge is -2.09. The highest BCUT2D eigenvalue weighted by molar-refractivity contribution is 5.84. The fraction of sp³-hybridized carbons (Fsp3) is 0.167. The minimum absolute atomic E-state index is 0.0724. The molecule has 3 heteroatoms. The number of rotatable bonds is 3. The molecule has 0 aliphatic heterocycles. The van der Waals surface area contributed by atoms with Gasteiger partial charge in [-0.05, 0) is 36.6 Å². The highest BCUT2D eigenvalue weighted by atomic mass is 16.5. The summed E-state index contributed by atoms with van der Waals surface area (Å²) in [5.74, 6) is 1.17. The van der Waals surface area contributed by atoms with E-state index in [4.69, 9.17) is 9.15 Å². The molecule has 3 nitrogen and oxygen atoms in total. The summed E-state index contributed by atoms with van der Waals surface area (Å²) in [6, 6.07) is 15.5. The minimum atomic E-state index is -0.0724. The Labute approximate surface area is 122 Å². The molecule has 0 fully saturated rings. The van der Waals surface area contributed by atoms with E-state index in [0.717, 1.165) is 12.0 Å². The van der Waals surface area contributed by atoms with E-state index in [-0.39, 0.29) is 5.43 Å². The molecule has 1 heterocycles. The standard InChI is InChI=1S/C18H16O3/c1-12-8-15(19)18-16(20-2)10-14(11-17(18)21-12)9-13-6-4-3-5-7-13/h3-8,10-11H,9H2,1-2H3. The maximum atomic E-state index is 12.1. The van der Waals surface area contributed by atoms with Crippen LogP contribution >= 0.6 is 0 Å². The molecule has 106 valence electrons. The first-order valence-corrected chi connectivity index (χ1v) is 6.82. The highest BCUT2D eigenvalue weighted by Gasteiger charge is 2.11. The van der Waals surface area contributed by atoms with Crippen LogP contribution < -0.4 is 10.2 Å². The highest BCUT2D eigenvalue weighted by Crippen LogP contribution is 2.26. The third kappa shape index (κ3) is 2.68. The monoisotopic (exact) mass is 280 g/mol. The molecule has 0 amide bonds. The molecule has 3 aromatic rings. The van der Waals surface area contributed by atoms with Crippen LogP contribution in [0.15, 0.2) is 57.7 Å². The third-order valence-electron chi connectivity index (χ3n) is 3.45. The fourth-order valence-electron chi connectivity index (χ4n) is 2.52. The maximum absolute atomic E-state index is 12.1. The van der Waals surface area contributed by atoms with Crippen molar-refractivity contribution in [1.82, 2.24) is 0 Å². The maximum Gasteiger partial charge on any atom is 0.196 e. The molecule has 0 saturated carbocycles. The molecule has 2 aromatic carbocycles. The molecular weight excluding hydrogens is 264 g/mol. The first-order chi connectivity index (χ1) is 10.2. The molecule has 0 N–H and O–H groups in total. The van der Waals surface area contributed by atoms with E-state index in [2.05, 4.69) is 12.1 Å². The van der Waals surface area contributed by atoms with Gasteiger partial charge >= 0.3 is 0 Å². The summed E-state index contributed by atoms with van der Waals surface area (Å²) in [4.78, 5) is 12.1. The minimum Gasteiger partial charge on any atom is -0.496 e. The second-order valence-corrected chi connectivity index (χ2v) is 5.05. The van der Waals surface area contributed by atoms with Gasteiger partial charge in [0.15, 0.2) is 5.43 Å². The van der Waals surface area contributed by atoms with Gasteiger partial charge in [-0.25, -0.2) is 0 Å². The summed E-state index contributed by atoms with van der Waals surface area (Å²) in [6.07, 6.45) is 0.769. The average molecular weight is 280 g/mol. The Balaban J connectivity index is 2.15. The Morgan fingerprint density at radius 2 is 1.81 bits per heavy atom.